The second kappa shape index (κ2) is 4.59. The fourth-order valence-electron chi connectivity index (χ4n) is 3.83. The van der Waals surface area contributed by atoms with Crippen molar-refractivity contribution in [2.24, 2.45) is 0 Å². The Morgan fingerprint density at radius 3 is 2.48 bits per heavy atom. The smallest absolute Gasteiger partial charge is 0.159 e. The van der Waals surface area contributed by atoms with E-state index in [0.29, 0.717) is 0 Å². The molecule has 1 aliphatic rings. The van der Waals surface area contributed by atoms with Crippen molar-refractivity contribution in [3.05, 3.63) is 52.9 Å². The van der Waals surface area contributed by atoms with E-state index in [4.69, 9.17) is 4.52 Å². The molecule has 1 heterocycles. The van der Waals surface area contributed by atoms with Crippen LogP contribution in [0.4, 0.5) is 0 Å². The Bertz CT molecular complexity index is 690. The van der Waals surface area contributed by atoms with Crippen LogP contribution in [0.1, 0.15) is 63.5 Å². The van der Waals surface area contributed by atoms with E-state index in [1.165, 1.54) is 28.7 Å². The van der Waals surface area contributed by atoms with Gasteiger partial charge in [-0.2, -0.15) is 0 Å². The van der Waals surface area contributed by atoms with E-state index in [2.05, 4.69) is 58.0 Å². The standard InChI is InChI=1S/C19H23NO/c1-13(10-15-8-9-20-21-15)14-6-7-16-17(11-14)19(4,5)12-18(16,2)3/h6-11H,12H2,1-5H3. The number of allylic oxidation sites excluding steroid dienone is 1. The molecule has 0 unspecified atom stereocenters. The highest BCUT2D eigenvalue weighted by Gasteiger charge is 2.41. The van der Waals surface area contributed by atoms with Crippen molar-refractivity contribution in [2.45, 2.75) is 51.9 Å². The average Bonchev–Trinajstić information content (AvgIpc) is 2.95. The Kier molecular flexibility index (Phi) is 3.09. The SMILES string of the molecule is CC(=Cc1ccno1)c1ccc2c(c1)C(C)(C)CC2(C)C. The molecule has 0 N–H and O–H groups in total. The number of benzene rings is 1. The molecule has 110 valence electrons. The molecule has 0 fully saturated rings. The highest BCUT2D eigenvalue weighted by atomic mass is 16.5. The lowest BCUT2D eigenvalue weighted by atomic mass is 9.82. The molecule has 0 radical (unpaired) electrons. The highest BCUT2D eigenvalue weighted by molar-refractivity contribution is 5.79. The number of hydrogen-bond donors (Lipinski definition) is 0. The van der Waals surface area contributed by atoms with Crippen LogP contribution in [-0.2, 0) is 10.8 Å². The predicted molar refractivity (Wildman–Crippen MR) is 87.2 cm³/mol. The normalized spacial score (nSPS) is 19.6. The summed E-state index contributed by atoms with van der Waals surface area (Å²) >= 11 is 0. The topological polar surface area (TPSA) is 26.0 Å². The molecule has 21 heavy (non-hydrogen) atoms. The zero-order valence-corrected chi connectivity index (χ0v) is 13.5. The summed E-state index contributed by atoms with van der Waals surface area (Å²) in [5.41, 5.74) is 5.94. The van der Waals surface area contributed by atoms with Gasteiger partial charge in [-0.1, -0.05) is 51.1 Å². The summed E-state index contributed by atoms with van der Waals surface area (Å²) in [4.78, 5) is 0. The quantitative estimate of drug-likeness (QED) is 0.756. The molecular weight excluding hydrogens is 258 g/mol. The summed E-state index contributed by atoms with van der Waals surface area (Å²) in [5, 5.41) is 3.75. The van der Waals surface area contributed by atoms with Crippen molar-refractivity contribution >= 4 is 11.6 Å². The molecule has 1 aromatic carbocycles. The van der Waals surface area contributed by atoms with E-state index in [9.17, 15) is 0 Å². The zero-order valence-electron chi connectivity index (χ0n) is 13.5. The van der Waals surface area contributed by atoms with Crippen LogP contribution >= 0.6 is 0 Å². The van der Waals surface area contributed by atoms with Gasteiger partial charge in [0.15, 0.2) is 5.76 Å². The van der Waals surface area contributed by atoms with Gasteiger partial charge in [0.1, 0.15) is 0 Å². The zero-order chi connectivity index (χ0) is 15.3. The summed E-state index contributed by atoms with van der Waals surface area (Å²) in [6, 6.07) is 8.76. The van der Waals surface area contributed by atoms with E-state index in [1.54, 1.807) is 6.20 Å². The third kappa shape index (κ3) is 2.44. The Morgan fingerprint density at radius 1 is 1.10 bits per heavy atom. The Balaban J connectivity index is 2.05. The van der Waals surface area contributed by atoms with Crippen molar-refractivity contribution in [1.29, 1.82) is 0 Å². The minimum Gasteiger partial charge on any atom is -0.357 e. The number of hydrogen-bond acceptors (Lipinski definition) is 2. The van der Waals surface area contributed by atoms with Crippen LogP contribution in [0, 0.1) is 0 Å². The number of fused-ring (bicyclic) bond motifs is 1. The molecule has 0 amide bonds. The molecule has 2 heteroatoms. The fraction of sp³-hybridized carbons (Fsp3) is 0.421. The van der Waals surface area contributed by atoms with Gasteiger partial charge >= 0.3 is 0 Å². The van der Waals surface area contributed by atoms with Crippen molar-refractivity contribution in [3.8, 4) is 0 Å². The van der Waals surface area contributed by atoms with E-state index in [1.807, 2.05) is 12.1 Å². The largest absolute Gasteiger partial charge is 0.357 e. The van der Waals surface area contributed by atoms with E-state index in [-0.39, 0.29) is 10.8 Å². The second-order valence-electron chi connectivity index (χ2n) is 7.45. The van der Waals surface area contributed by atoms with E-state index >= 15 is 0 Å². The average molecular weight is 281 g/mol. The first kappa shape index (κ1) is 14.1. The number of aromatic nitrogens is 1. The Morgan fingerprint density at radius 2 is 1.81 bits per heavy atom. The molecule has 2 aromatic rings. The summed E-state index contributed by atoms with van der Waals surface area (Å²) in [6.07, 6.45) is 4.92. The van der Waals surface area contributed by atoms with Gasteiger partial charge < -0.3 is 4.52 Å². The van der Waals surface area contributed by atoms with Crippen molar-refractivity contribution < 1.29 is 4.52 Å². The summed E-state index contributed by atoms with van der Waals surface area (Å²) in [5.74, 6) is 0.799. The van der Waals surface area contributed by atoms with Gasteiger partial charge in [0, 0.05) is 6.07 Å². The van der Waals surface area contributed by atoms with Gasteiger partial charge in [0.05, 0.1) is 6.20 Å². The predicted octanol–water partition coefficient (Wildman–Crippen LogP) is 5.19. The first-order valence-corrected chi connectivity index (χ1v) is 7.54. The van der Waals surface area contributed by atoms with Gasteiger partial charge in [0.25, 0.3) is 0 Å². The van der Waals surface area contributed by atoms with Crippen molar-refractivity contribution in [3.63, 3.8) is 0 Å². The molecule has 0 saturated carbocycles. The van der Waals surface area contributed by atoms with Gasteiger partial charge in [-0.05, 0) is 52.5 Å². The molecule has 1 aliphatic carbocycles. The molecule has 0 aliphatic heterocycles. The summed E-state index contributed by atoms with van der Waals surface area (Å²) < 4.78 is 5.17. The number of rotatable bonds is 2. The monoisotopic (exact) mass is 281 g/mol. The van der Waals surface area contributed by atoms with Crippen LogP contribution in [0.15, 0.2) is 35.0 Å². The minimum absolute atomic E-state index is 0.237. The van der Waals surface area contributed by atoms with Crippen LogP contribution in [0.5, 0.6) is 0 Å². The van der Waals surface area contributed by atoms with Crippen LogP contribution in [0.25, 0.3) is 11.6 Å². The summed E-state index contributed by atoms with van der Waals surface area (Å²) in [6.45, 7) is 11.5. The van der Waals surface area contributed by atoms with Crippen LogP contribution in [0.2, 0.25) is 0 Å². The Hall–Kier alpha value is -1.83. The second-order valence-corrected chi connectivity index (χ2v) is 7.45. The van der Waals surface area contributed by atoms with E-state index < -0.39 is 0 Å². The maximum absolute atomic E-state index is 5.17. The molecule has 0 spiro atoms. The molecule has 0 bridgehead atoms. The maximum Gasteiger partial charge on any atom is 0.159 e. The summed E-state index contributed by atoms with van der Waals surface area (Å²) in [7, 11) is 0. The highest BCUT2D eigenvalue weighted by Crippen LogP contribution is 2.49. The van der Waals surface area contributed by atoms with E-state index in [0.717, 1.165) is 5.76 Å². The molecule has 3 rings (SSSR count). The molecule has 0 atom stereocenters. The third-order valence-electron chi connectivity index (χ3n) is 4.63. The Labute approximate surface area is 126 Å². The lowest BCUT2D eigenvalue weighted by Crippen LogP contribution is -2.17. The molecule has 0 saturated heterocycles. The van der Waals surface area contributed by atoms with Gasteiger partial charge in [0.2, 0.25) is 0 Å². The lowest BCUT2D eigenvalue weighted by Gasteiger charge is -2.22. The van der Waals surface area contributed by atoms with Crippen molar-refractivity contribution in [2.75, 3.05) is 0 Å². The molecule has 1 aromatic heterocycles. The van der Waals surface area contributed by atoms with Gasteiger partial charge in [-0.25, -0.2) is 0 Å². The third-order valence-corrected chi connectivity index (χ3v) is 4.63. The van der Waals surface area contributed by atoms with Crippen LogP contribution in [0.3, 0.4) is 0 Å². The first-order valence-electron chi connectivity index (χ1n) is 7.54. The van der Waals surface area contributed by atoms with Gasteiger partial charge in [-0.15, -0.1) is 0 Å². The fourth-order valence-corrected chi connectivity index (χ4v) is 3.83. The minimum atomic E-state index is 0.237. The maximum atomic E-state index is 5.17. The van der Waals surface area contributed by atoms with Gasteiger partial charge in [-0.3, -0.25) is 0 Å². The lowest BCUT2D eigenvalue weighted by molar-refractivity contribution is 0.403. The van der Waals surface area contributed by atoms with Crippen LogP contribution < -0.4 is 0 Å². The first-order chi connectivity index (χ1) is 9.79. The van der Waals surface area contributed by atoms with Crippen molar-refractivity contribution in [1.82, 2.24) is 5.16 Å². The number of nitrogens with zero attached hydrogens (tertiary/aromatic N) is 1. The molecule has 2 nitrogen and oxygen atoms in total. The van der Waals surface area contributed by atoms with Crippen LogP contribution in [-0.4, -0.2) is 5.16 Å². The molecular formula is C19H23NO.